The normalized spacial score (nSPS) is 11.5. The summed E-state index contributed by atoms with van der Waals surface area (Å²) in [6, 6.07) is 9.71. The Balaban J connectivity index is 2.18. The topological polar surface area (TPSA) is 75.7 Å². The molecule has 0 spiro atoms. The smallest absolute Gasteiger partial charge is 0.264 e. The van der Waals surface area contributed by atoms with Crippen LogP contribution in [0.25, 0.3) is 0 Å². The Morgan fingerprint density at radius 2 is 1.79 bits per heavy atom. The minimum absolute atomic E-state index is 0.00946. The highest BCUT2D eigenvalue weighted by atomic mass is 32.2. The molecule has 8 heteroatoms. The molecule has 0 aliphatic rings. The van der Waals surface area contributed by atoms with Crippen LogP contribution in [0.15, 0.2) is 47.4 Å². The number of carbonyl (C=O) groups is 1. The SMILES string of the molecule is CON(C)S(=O)(=O)c1ccc(C(=O)Nc2ccc(C)c(F)c2)cc1. The number of aryl methyl sites for hydroxylation is 1. The highest BCUT2D eigenvalue weighted by Gasteiger charge is 2.21. The number of hydroxylamine groups is 1. The highest BCUT2D eigenvalue weighted by Crippen LogP contribution is 2.17. The Bertz CT molecular complexity index is 851. The van der Waals surface area contributed by atoms with Gasteiger partial charge in [0.05, 0.1) is 12.0 Å². The molecule has 0 aliphatic carbocycles. The van der Waals surface area contributed by atoms with Gasteiger partial charge in [0, 0.05) is 18.3 Å². The van der Waals surface area contributed by atoms with Gasteiger partial charge in [0.1, 0.15) is 5.82 Å². The Kier molecular flexibility index (Phi) is 5.33. The van der Waals surface area contributed by atoms with Crippen LogP contribution in [0, 0.1) is 12.7 Å². The van der Waals surface area contributed by atoms with Gasteiger partial charge in [0.15, 0.2) is 0 Å². The molecule has 6 nitrogen and oxygen atoms in total. The van der Waals surface area contributed by atoms with Gasteiger partial charge in [-0.15, -0.1) is 0 Å². The molecule has 24 heavy (non-hydrogen) atoms. The van der Waals surface area contributed by atoms with Crippen molar-refractivity contribution in [3.05, 3.63) is 59.4 Å². The van der Waals surface area contributed by atoms with Crippen LogP contribution in [0.1, 0.15) is 15.9 Å². The lowest BCUT2D eigenvalue weighted by molar-refractivity contribution is -0.0258. The summed E-state index contributed by atoms with van der Waals surface area (Å²) in [5.74, 6) is -0.890. The van der Waals surface area contributed by atoms with Gasteiger partial charge in [-0.05, 0) is 48.9 Å². The molecule has 1 N–H and O–H groups in total. The van der Waals surface area contributed by atoms with Crippen LogP contribution < -0.4 is 5.32 Å². The molecule has 0 heterocycles. The van der Waals surface area contributed by atoms with E-state index >= 15 is 0 Å². The summed E-state index contributed by atoms with van der Waals surface area (Å²) >= 11 is 0. The molecule has 0 atom stereocenters. The molecule has 0 unspecified atom stereocenters. The minimum Gasteiger partial charge on any atom is -0.322 e. The summed E-state index contributed by atoms with van der Waals surface area (Å²) in [6.45, 7) is 1.62. The van der Waals surface area contributed by atoms with Crippen molar-refractivity contribution < 1.29 is 22.4 Å². The van der Waals surface area contributed by atoms with Gasteiger partial charge in [-0.25, -0.2) is 12.8 Å². The van der Waals surface area contributed by atoms with E-state index in [9.17, 15) is 17.6 Å². The number of hydrogen-bond acceptors (Lipinski definition) is 4. The second-order valence-electron chi connectivity index (χ2n) is 5.04. The monoisotopic (exact) mass is 352 g/mol. The summed E-state index contributed by atoms with van der Waals surface area (Å²) in [4.78, 5) is 16.8. The van der Waals surface area contributed by atoms with Crippen LogP contribution in [0.5, 0.6) is 0 Å². The lowest BCUT2D eigenvalue weighted by atomic mass is 10.2. The van der Waals surface area contributed by atoms with Gasteiger partial charge in [-0.2, -0.15) is 0 Å². The van der Waals surface area contributed by atoms with Crippen molar-refractivity contribution in [2.24, 2.45) is 0 Å². The Morgan fingerprint density at radius 1 is 1.17 bits per heavy atom. The van der Waals surface area contributed by atoms with Gasteiger partial charge in [-0.1, -0.05) is 10.5 Å². The van der Waals surface area contributed by atoms with Crippen molar-refractivity contribution in [2.45, 2.75) is 11.8 Å². The van der Waals surface area contributed by atoms with Gasteiger partial charge >= 0.3 is 0 Å². The quantitative estimate of drug-likeness (QED) is 0.839. The molecule has 2 aromatic carbocycles. The van der Waals surface area contributed by atoms with Crippen LogP contribution in [-0.4, -0.2) is 33.0 Å². The molecule has 0 radical (unpaired) electrons. The van der Waals surface area contributed by atoms with E-state index < -0.39 is 21.7 Å². The number of carbonyl (C=O) groups excluding carboxylic acids is 1. The summed E-state index contributed by atoms with van der Waals surface area (Å²) in [6.07, 6.45) is 0. The highest BCUT2D eigenvalue weighted by molar-refractivity contribution is 7.89. The van der Waals surface area contributed by atoms with E-state index in [4.69, 9.17) is 0 Å². The average molecular weight is 352 g/mol. The van der Waals surface area contributed by atoms with Crippen LogP contribution in [0.2, 0.25) is 0 Å². The van der Waals surface area contributed by atoms with Gasteiger partial charge in [0.2, 0.25) is 0 Å². The maximum Gasteiger partial charge on any atom is 0.264 e. The third-order valence-electron chi connectivity index (χ3n) is 3.44. The zero-order chi connectivity index (χ0) is 17.9. The van der Waals surface area contributed by atoms with Crippen LogP contribution >= 0.6 is 0 Å². The van der Waals surface area contributed by atoms with Gasteiger partial charge in [-0.3, -0.25) is 9.63 Å². The first kappa shape index (κ1) is 18.1. The second kappa shape index (κ2) is 7.08. The number of nitrogens with one attached hydrogen (secondary N) is 1. The molecule has 0 aromatic heterocycles. The number of nitrogens with zero attached hydrogens (tertiary/aromatic N) is 1. The van der Waals surface area contributed by atoms with Crippen molar-refractivity contribution in [2.75, 3.05) is 19.5 Å². The van der Waals surface area contributed by atoms with E-state index in [-0.39, 0.29) is 10.5 Å². The largest absolute Gasteiger partial charge is 0.322 e. The lowest BCUT2D eigenvalue weighted by Gasteiger charge is -2.14. The Hall–Kier alpha value is -2.29. The maximum atomic E-state index is 13.5. The van der Waals surface area contributed by atoms with E-state index in [1.54, 1.807) is 19.1 Å². The van der Waals surface area contributed by atoms with E-state index in [1.807, 2.05) is 0 Å². The molecular formula is C16H17FN2O4S. The first-order valence-corrected chi connectivity index (χ1v) is 8.40. The summed E-state index contributed by atoms with van der Waals surface area (Å²) < 4.78 is 38.3. The van der Waals surface area contributed by atoms with Crippen LogP contribution in [0.3, 0.4) is 0 Å². The molecule has 2 aromatic rings. The number of rotatable bonds is 5. The maximum absolute atomic E-state index is 13.5. The molecular weight excluding hydrogens is 335 g/mol. The number of amides is 1. The molecule has 0 bridgehead atoms. The van der Waals surface area contributed by atoms with Crippen LogP contribution in [-0.2, 0) is 14.9 Å². The van der Waals surface area contributed by atoms with Gasteiger partial charge in [0.25, 0.3) is 15.9 Å². The molecule has 0 saturated carbocycles. The molecule has 1 amide bonds. The minimum atomic E-state index is -3.77. The number of benzene rings is 2. The van der Waals surface area contributed by atoms with Crippen molar-refractivity contribution in [3.8, 4) is 0 Å². The number of hydrogen-bond donors (Lipinski definition) is 1. The third kappa shape index (κ3) is 3.78. The predicted molar refractivity (Wildman–Crippen MR) is 87.5 cm³/mol. The van der Waals surface area contributed by atoms with Crippen LogP contribution in [0.4, 0.5) is 10.1 Å². The zero-order valence-electron chi connectivity index (χ0n) is 13.4. The molecule has 128 valence electrons. The molecule has 0 aliphatic heterocycles. The zero-order valence-corrected chi connectivity index (χ0v) is 14.2. The molecule has 0 saturated heterocycles. The standard InChI is InChI=1S/C16H17FN2O4S/c1-11-4-7-13(10-15(11)17)18-16(20)12-5-8-14(9-6-12)24(21,22)19(2)23-3/h4-10H,1-3H3,(H,18,20). The third-order valence-corrected chi connectivity index (χ3v) is 5.13. The molecule has 0 fully saturated rings. The van der Waals surface area contributed by atoms with E-state index in [0.29, 0.717) is 11.3 Å². The second-order valence-corrected chi connectivity index (χ2v) is 6.98. The predicted octanol–water partition coefficient (Wildman–Crippen LogP) is 2.57. The summed E-state index contributed by atoms with van der Waals surface area (Å²) in [7, 11) is -1.27. The van der Waals surface area contributed by atoms with Crippen molar-refractivity contribution in [1.29, 1.82) is 0 Å². The first-order valence-electron chi connectivity index (χ1n) is 6.96. The number of anilines is 1. The fourth-order valence-corrected chi connectivity index (χ4v) is 2.87. The number of halogens is 1. The fourth-order valence-electron chi connectivity index (χ4n) is 1.90. The van der Waals surface area contributed by atoms with Crippen molar-refractivity contribution >= 4 is 21.6 Å². The first-order chi connectivity index (χ1) is 11.3. The summed E-state index contributed by atoms with van der Waals surface area (Å²) in [5, 5.41) is 2.55. The fraction of sp³-hybridized carbons (Fsp3) is 0.188. The van der Waals surface area contributed by atoms with E-state index in [1.165, 1.54) is 44.5 Å². The van der Waals surface area contributed by atoms with E-state index in [2.05, 4.69) is 10.2 Å². The summed E-state index contributed by atoms with van der Waals surface area (Å²) in [5.41, 5.74) is 1.04. The van der Waals surface area contributed by atoms with Crippen molar-refractivity contribution in [1.82, 2.24) is 4.47 Å². The Labute approximate surface area is 139 Å². The van der Waals surface area contributed by atoms with E-state index in [0.717, 1.165) is 4.47 Å². The Morgan fingerprint density at radius 3 is 2.33 bits per heavy atom. The molecule has 2 rings (SSSR count). The lowest BCUT2D eigenvalue weighted by Crippen LogP contribution is -2.25. The van der Waals surface area contributed by atoms with Crippen molar-refractivity contribution in [3.63, 3.8) is 0 Å². The number of sulfonamides is 1. The average Bonchev–Trinajstić information content (AvgIpc) is 2.57. The van der Waals surface area contributed by atoms with Gasteiger partial charge < -0.3 is 5.32 Å².